The second-order valence-electron chi connectivity index (χ2n) is 5.00. The zero-order valence-electron chi connectivity index (χ0n) is 12.1. The van der Waals surface area contributed by atoms with Crippen LogP contribution in [-0.4, -0.2) is 25.7 Å². The van der Waals surface area contributed by atoms with Crippen molar-refractivity contribution in [3.63, 3.8) is 0 Å². The minimum atomic E-state index is -0.214. The Morgan fingerprint density at radius 3 is 2.50 bits per heavy atom. The van der Waals surface area contributed by atoms with E-state index < -0.39 is 0 Å². The van der Waals surface area contributed by atoms with Crippen LogP contribution in [0.15, 0.2) is 48.8 Å². The first kappa shape index (κ1) is 13.9. The largest absolute Gasteiger partial charge is 0.368 e. The summed E-state index contributed by atoms with van der Waals surface area (Å²) in [5, 5.41) is 4.20. The zero-order valence-corrected chi connectivity index (χ0v) is 12.1. The summed E-state index contributed by atoms with van der Waals surface area (Å²) in [5.74, 6) is 0.287. The number of hydrogen-bond donors (Lipinski definition) is 1. The van der Waals surface area contributed by atoms with Crippen LogP contribution in [0.5, 0.6) is 0 Å². The molecule has 0 saturated carbocycles. The van der Waals surface area contributed by atoms with Crippen LogP contribution in [0.1, 0.15) is 15.9 Å². The third kappa shape index (κ3) is 2.85. The van der Waals surface area contributed by atoms with Crippen molar-refractivity contribution in [2.24, 2.45) is 0 Å². The van der Waals surface area contributed by atoms with Crippen molar-refractivity contribution >= 4 is 11.9 Å². The number of hydrogen-bond acceptors (Lipinski definition) is 5. The van der Waals surface area contributed by atoms with E-state index >= 15 is 0 Å². The molecule has 110 valence electrons. The van der Waals surface area contributed by atoms with Crippen LogP contribution in [-0.2, 0) is 6.42 Å². The highest BCUT2D eigenvalue weighted by molar-refractivity contribution is 5.83. The van der Waals surface area contributed by atoms with Gasteiger partial charge in [0.05, 0.1) is 6.42 Å². The lowest BCUT2D eigenvalue weighted by Crippen LogP contribution is -2.17. The Balaban J connectivity index is 1.84. The molecular weight excluding hydrogens is 278 g/mol. The molecule has 6 heteroatoms. The molecule has 0 aliphatic carbocycles. The molecule has 1 aromatic carbocycles. The quantitative estimate of drug-likeness (QED) is 0.799. The van der Waals surface area contributed by atoms with Crippen molar-refractivity contribution in [3.05, 3.63) is 59.9 Å². The van der Waals surface area contributed by atoms with Crippen LogP contribution in [0.3, 0.4) is 0 Å². The van der Waals surface area contributed by atoms with Gasteiger partial charge in [0.1, 0.15) is 0 Å². The normalized spacial score (nSPS) is 10.6. The third-order valence-electron chi connectivity index (χ3n) is 3.28. The fraction of sp³-hybridized carbons (Fsp3) is 0.125. The van der Waals surface area contributed by atoms with Crippen LogP contribution in [0.4, 0.5) is 5.95 Å². The lowest BCUT2D eigenvalue weighted by Gasteiger charge is -2.02. The molecule has 0 spiro atoms. The summed E-state index contributed by atoms with van der Waals surface area (Å²) < 4.78 is 1.15. The Hall–Kier alpha value is -3.02. The van der Waals surface area contributed by atoms with E-state index in [1.807, 2.05) is 31.2 Å². The average molecular weight is 293 g/mol. The lowest BCUT2D eigenvalue weighted by molar-refractivity contribution is 0.0901. The fourth-order valence-corrected chi connectivity index (χ4v) is 2.09. The van der Waals surface area contributed by atoms with Gasteiger partial charge < -0.3 is 5.73 Å². The standard InChI is InChI=1S/C16H15N5O/c1-11-2-4-12(5-3-11)10-14(22)21-16(17)19-15(20-21)13-6-8-18-9-7-13/h2-9H,10H2,1H3,(H2,17,19,20). The lowest BCUT2D eigenvalue weighted by atomic mass is 10.1. The SMILES string of the molecule is Cc1ccc(CC(=O)n2nc(-c3ccncc3)nc2N)cc1. The van der Waals surface area contributed by atoms with Gasteiger partial charge in [-0.25, -0.2) is 0 Å². The van der Waals surface area contributed by atoms with Gasteiger partial charge in [0, 0.05) is 18.0 Å². The first-order valence-corrected chi connectivity index (χ1v) is 6.85. The molecule has 0 atom stereocenters. The maximum atomic E-state index is 12.3. The van der Waals surface area contributed by atoms with Crippen LogP contribution in [0, 0.1) is 6.92 Å². The van der Waals surface area contributed by atoms with E-state index in [9.17, 15) is 4.79 Å². The van der Waals surface area contributed by atoms with Crippen molar-refractivity contribution in [2.45, 2.75) is 13.3 Å². The molecule has 0 amide bonds. The highest BCUT2D eigenvalue weighted by Crippen LogP contribution is 2.16. The number of nitrogens with two attached hydrogens (primary N) is 1. The molecule has 0 bridgehead atoms. The predicted octanol–water partition coefficient (Wildman–Crippen LogP) is 2.11. The van der Waals surface area contributed by atoms with Crippen molar-refractivity contribution in [1.29, 1.82) is 0 Å². The summed E-state index contributed by atoms with van der Waals surface area (Å²) in [7, 11) is 0. The van der Waals surface area contributed by atoms with E-state index in [1.54, 1.807) is 24.5 Å². The van der Waals surface area contributed by atoms with E-state index in [-0.39, 0.29) is 18.3 Å². The summed E-state index contributed by atoms with van der Waals surface area (Å²) in [6.07, 6.45) is 3.50. The number of benzene rings is 1. The molecule has 2 aromatic heterocycles. The van der Waals surface area contributed by atoms with Gasteiger partial charge in [0.25, 0.3) is 5.91 Å². The van der Waals surface area contributed by atoms with Crippen molar-refractivity contribution in [2.75, 3.05) is 5.73 Å². The van der Waals surface area contributed by atoms with Crippen molar-refractivity contribution < 1.29 is 4.79 Å². The molecule has 0 aliphatic rings. The molecule has 6 nitrogen and oxygen atoms in total. The number of anilines is 1. The number of nitrogen functional groups attached to an aromatic ring is 1. The summed E-state index contributed by atoms with van der Waals surface area (Å²) in [6, 6.07) is 11.3. The average Bonchev–Trinajstić information content (AvgIpc) is 2.92. The van der Waals surface area contributed by atoms with E-state index in [2.05, 4.69) is 15.1 Å². The van der Waals surface area contributed by atoms with Gasteiger partial charge >= 0.3 is 0 Å². The van der Waals surface area contributed by atoms with E-state index in [0.29, 0.717) is 5.82 Å². The van der Waals surface area contributed by atoms with Gasteiger partial charge in [-0.15, -0.1) is 5.10 Å². The summed E-state index contributed by atoms with van der Waals surface area (Å²) in [5.41, 5.74) is 8.64. The molecule has 3 aromatic rings. The Kier molecular flexibility index (Phi) is 3.65. The molecule has 0 aliphatic heterocycles. The number of rotatable bonds is 3. The van der Waals surface area contributed by atoms with Gasteiger partial charge in [-0.1, -0.05) is 29.8 Å². The van der Waals surface area contributed by atoms with Crippen LogP contribution in [0.25, 0.3) is 11.4 Å². The van der Waals surface area contributed by atoms with Gasteiger partial charge in [-0.05, 0) is 24.6 Å². The molecule has 22 heavy (non-hydrogen) atoms. The predicted molar refractivity (Wildman–Crippen MR) is 83.2 cm³/mol. The molecule has 2 heterocycles. The highest BCUT2D eigenvalue weighted by atomic mass is 16.2. The molecule has 0 unspecified atom stereocenters. The topological polar surface area (TPSA) is 86.7 Å². The number of pyridine rings is 1. The van der Waals surface area contributed by atoms with E-state index in [0.717, 1.165) is 21.4 Å². The Labute approximate surface area is 127 Å². The summed E-state index contributed by atoms with van der Waals surface area (Å²) in [6.45, 7) is 2.00. The maximum absolute atomic E-state index is 12.3. The van der Waals surface area contributed by atoms with Gasteiger partial charge in [0.15, 0.2) is 5.82 Å². The number of aryl methyl sites for hydroxylation is 1. The first-order valence-electron chi connectivity index (χ1n) is 6.85. The van der Waals surface area contributed by atoms with Crippen molar-refractivity contribution in [1.82, 2.24) is 19.7 Å². The Morgan fingerprint density at radius 1 is 1.14 bits per heavy atom. The fourth-order valence-electron chi connectivity index (χ4n) is 2.09. The maximum Gasteiger partial charge on any atom is 0.254 e. The van der Waals surface area contributed by atoms with Crippen LogP contribution >= 0.6 is 0 Å². The van der Waals surface area contributed by atoms with Crippen LogP contribution in [0.2, 0.25) is 0 Å². The summed E-state index contributed by atoms with van der Waals surface area (Å²) in [4.78, 5) is 20.4. The van der Waals surface area contributed by atoms with Crippen molar-refractivity contribution in [3.8, 4) is 11.4 Å². The molecule has 0 fully saturated rings. The molecular formula is C16H15N5O. The number of nitrogens with zero attached hydrogens (tertiary/aromatic N) is 4. The minimum absolute atomic E-state index is 0.0870. The van der Waals surface area contributed by atoms with Gasteiger partial charge in [-0.3, -0.25) is 9.78 Å². The van der Waals surface area contributed by atoms with E-state index in [1.165, 1.54) is 0 Å². The number of aromatic nitrogens is 4. The first-order chi connectivity index (χ1) is 10.6. The monoisotopic (exact) mass is 293 g/mol. The van der Waals surface area contributed by atoms with Crippen LogP contribution < -0.4 is 5.73 Å². The highest BCUT2D eigenvalue weighted by Gasteiger charge is 2.15. The zero-order chi connectivity index (χ0) is 15.5. The second kappa shape index (κ2) is 5.77. The number of carbonyl (C=O) groups excluding carboxylic acids is 1. The molecule has 2 N–H and O–H groups in total. The van der Waals surface area contributed by atoms with Gasteiger partial charge in [-0.2, -0.15) is 9.67 Å². The molecule has 0 saturated heterocycles. The Morgan fingerprint density at radius 2 is 1.82 bits per heavy atom. The van der Waals surface area contributed by atoms with Gasteiger partial charge in [0.2, 0.25) is 5.95 Å². The second-order valence-corrected chi connectivity index (χ2v) is 5.00. The number of carbonyl (C=O) groups is 1. The third-order valence-corrected chi connectivity index (χ3v) is 3.28. The van der Waals surface area contributed by atoms with E-state index in [4.69, 9.17) is 5.73 Å². The minimum Gasteiger partial charge on any atom is -0.368 e. The smallest absolute Gasteiger partial charge is 0.254 e. The molecule has 0 radical (unpaired) electrons. The Bertz CT molecular complexity index is 793. The molecule has 3 rings (SSSR count). The summed E-state index contributed by atoms with van der Waals surface area (Å²) >= 11 is 0.